The standard InChI is InChI=1S/C17H32N2/c1-12(2)8-16-10-19(13(3)9-18-16)11-17(14-4-5-14)15-6-7-15/h12-18H,4-11H2,1-3H3. The molecule has 19 heavy (non-hydrogen) atoms. The van der Waals surface area contributed by atoms with Gasteiger partial charge in [0, 0.05) is 31.7 Å². The van der Waals surface area contributed by atoms with E-state index in [9.17, 15) is 0 Å². The molecule has 1 saturated heterocycles. The van der Waals surface area contributed by atoms with E-state index in [2.05, 4.69) is 31.0 Å². The molecule has 0 spiro atoms. The summed E-state index contributed by atoms with van der Waals surface area (Å²) >= 11 is 0. The molecule has 2 atom stereocenters. The van der Waals surface area contributed by atoms with E-state index in [0.717, 1.165) is 35.8 Å². The Morgan fingerprint density at radius 2 is 1.74 bits per heavy atom. The van der Waals surface area contributed by atoms with Crippen molar-refractivity contribution in [2.75, 3.05) is 19.6 Å². The number of hydrogen-bond acceptors (Lipinski definition) is 2. The van der Waals surface area contributed by atoms with Crippen molar-refractivity contribution >= 4 is 0 Å². The van der Waals surface area contributed by atoms with E-state index in [1.54, 1.807) is 0 Å². The molecule has 3 rings (SSSR count). The van der Waals surface area contributed by atoms with Crippen molar-refractivity contribution in [3.05, 3.63) is 0 Å². The Morgan fingerprint density at radius 3 is 2.26 bits per heavy atom. The monoisotopic (exact) mass is 264 g/mol. The van der Waals surface area contributed by atoms with Gasteiger partial charge < -0.3 is 5.32 Å². The second kappa shape index (κ2) is 5.73. The fourth-order valence-electron chi connectivity index (χ4n) is 3.98. The van der Waals surface area contributed by atoms with Gasteiger partial charge >= 0.3 is 0 Å². The van der Waals surface area contributed by atoms with Gasteiger partial charge in [-0.1, -0.05) is 13.8 Å². The highest BCUT2D eigenvalue weighted by atomic mass is 15.2. The molecule has 1 aliphatic heterocycles. The SMILES string of the molecule is CC(C)CC1CN(CC(C2CC2)C2CC2)C(C)CN1. The third-order valence-electron chi connectivity index (χ3n) is 5.44. The Kier molecular flexibility index (Phi) is 4.19. The molecule has 2 aliphatic carbocycles. The van der Waals surface area contributed by atoms with Crippen LogP contribution in [-0.4, -0.2) is 36.6 Å². The Hall–Kier alpha value is -0.0800. The maximum atomic E-state index is 3.75. The molecule has 2 unspecified atom stereocenters. The minimum atomic E-state index is 0.732. The summed E-state index contributed by atoms with van der Waals surface area (Å²) < 4.78 is 0. The van der Waals surface area contributed by atoms with Crippen molar-refractivity contribution in [3.63, 3.8) is 0 Å². The van der Waals surface area contributed by atoms with E-state index in [1.807, 2.05) is 0 Å². The van der Waals surface area contributed by atoms with Crippen LogP contribution in [0.25, 0.3) is 0 Å². The molecule has 1 N–H and O–H groups in total. The first-order valence-corrected chi connectivity index (χ1v) is 8.61. The maximum Gasteiger partial charge on any atom is 0.0198 e. The Morgan fingerprint density at radius 1 is 1.11 bits per heavy atom. The molecule has 0 aromatic carbocycles. The molecular formula is C17H32N2. The van der Waals surface area contributed by atoms with Crippen LogP contribution in [0.3, 0.4) is 0 Å². The number of nitrogens with one attached hydrogen (secondary N) is 1. The normalized spacial score (nSPS) is 33.3. The highest BCUT2D eigenvalue weighted by Gasteiger charge is 2.42. The Labute approximate surface area is 119 Å². The number of piperazine rings is 1. The van der Waals surface area contributed by atoms with E-state index in [4.69, 9.17) is 0 Å². The molecule has 0 aromatic heterocycles. The van der Waals surface area contributed by atoms with Crippen LogP contribution in [0, 0.1) is 23.7 Å². The summed E-state index contributed by atoms with van der Waals surface area (Å²) in [5.74, 6) is 4.05. The summed E-state index contributed by atoms with van der Waals surface area (Å²) in [5, 5.41) is 3.75. The van der Waals surface area contributed by atoms with Crippen LogP contribution in [0.1, 0.15) is 52.9 Å². The fraction of sp³-hybridized carbons (Fsp3) is 1.00. The molecule has 0 radical (unpaired) electrons. The smallest absolute Gasteiger partial charge is 0.0198 e. The topological polar surface area (TPSA) is 15.3 Å². The second-order valence-corrected chi connectivity index (χ2v) is 7.88. The first-order chi connectivity index (χ1) is 9.13. The van der Waals surface area contributed by atoms with Crippen LogP contribution in [0.4, 0.5) is 0 Å². The summed E-state index contributed by atoms with van der Waals surface area (Å²) in [6.07, 6.45) is 7.43. The molecule has 1 heterocycles. The van der Waals surface area contributed by atoms with Gasteiger partial charge in [-0.15, -0.1) is 0 Å². The largest absolute Gasteiger partial charge is 0.311 e. The predicted octanol–water partition coefficient (Wildman–Crippen LogP) is 3.13. The van der Waals surface area contributed by atoms with Gasteiger partial charge in [0.25, 0.3) is 0 Å². The number of hydrogen-bond donors (Lipinski definition) is 1. The minimum Gasteiger partial charge on any atom is -0.311 e. The van der Waals surface area contributed by atoms with Gasteiger partial charge in [0.2, 0.25) is 0 Å². The molecule has 3 fully saturated rings. The predicted molar refractivity (Wildman–Crippen MR) is 81.2 cm³/mol. The van der Waals surface area contributed by atoms with Crippen LogP contribution in [0.15, 0.2) is 0 Å². The van der Waals surface area contributed by atoms with Crippen molar-refractivity contribution in [3.8, 4) is 0 Å². The molecule has 2 nitrogen and oxygen atoms in total. The van der Waals surface area contributed by atoms with E-state index < -0.39 is 0 Å². The number of nitrogens with zero attached hydrogens (tertiary/aromatic N) is 1. The van der Waals surface area contributed by atoms with Gasteiger partial charge in [0.05, 0.1) is 0 Å². The molecular weight excluding hydrogens is 232 g/mol. The van der Waals surface area contributed by atoms with Gasteiger partial charge in [-0.2, -0.15) is 0 Å². The lowest BCUT2D eigenvalue weighted by molar-refractivity contribution is 0.101. The summed E-state index contributed by atoms with van der Waals surface area (Å²) in [5.41, 5.74) is 0. The van der Waals surface area contributed by atoms with E-state index in [-0.39, 0.29) is 0 Å². The first kappa shape index (κ1) is 13.9. The van der Waals surface area contributed by atoms with Crippen molar-refractivity contribution in [2.24, 2.45) is 23.7 Å². The molecule has 2 heteroatoms. The average Bonchev–Trinajstić information content (AvgIpc) is 3.23. The minimum absolute atomic E-state index is 0.732. The van der Waals surface area contributed by atoms with Gasteiger partial charge in [0.15, 0.2) is 0 Å². The zero-order valence-corrected chi connectivity index (χ0v) is 13.1. The zero-order valence-electron chi connectivity index (χ0n) is 13.1. The van der Waals surface area contributed by atoms with Gasteiger partial charge in [0.1, 0.15) is 0 Å². The van der Waals surface area contributed by atoms with E-state index in [1.165, 1.54) is 51.7 Å². The molecule has 0 aromatic rings. The van der Waals surface area contributed by atoms with Crippen LogP contribution < -0.4 is 5.32 Å². The Balaban J connectivity index is 1.54. The third kappa shape index (κ3) is 3.72. The summed E-state index contributed by atoms with van der Waals surface area (Å²) in [6.45, 7) is 11.0. The molecule has 110 valence electrons. The lowest BCUT2D eigenvalue weighted by Gasteiger charge is -2.41. The Bertz CT molecular complexity index is 282. The second-order valence-electron chi connectivity index (χ2n) is 7.88. The van der Waals surface area contributed by atoms with Crippen molar-refractivity contribution < 1.29 is 0 Å². The van der Waals surface area contributed by atoms with Gasteiger partial charge in [-0.3, -0.25) is 4.90 Å². The quantitative estimate of drug-likeness (QED) is 0.793. The zero-order chi connectivity index (χ0) is 13.4. The maximum absolute atomic E-state index is 3.75. The summed E-state index contributed by atoms with van der Waals surface area (Å²) in [4.78, 5) is 2.81. The average molecular weight is 264 g/mol. The third-order valence-corrected chi connectivity index (χ3v) is 5.44. The fourth-order valence-corrected chi connectivity index (χ4v) is 3.98. The molecule has 3 aliphatic rings. The highest BCUT2D eigenvalue weighted by molar-refractivity contribution is 4.95. The number of rotatable bonds is 6. The molecule has 0 amide bonds. The molecule has 0 bridgehead atoms. The van der Waals surface area contributed by atoms with Crippen molar-refractivity contribution in [1.82, 2.24) is 10.2 Å². The van der Waals surface area contributed by atoms with Gasteiger partial charge in [-0.05, 0) is 62.7 Å². The lowest BCUT2D eigenvalue weighted by Crippen LogP contribution is -2.56. The van der Waals surface area contributed by atoms with E-state index >= 15 is 0 Å². The van der Waals surface area contributed by atoms with Crippen LogP contribution in [0.2, 0.25) is 0 Å². The highest BCUT2D eigenvalue weighted by Crippen LogP contribution is 2.49. The van der Waals surface area contributed by atoms with E-state index in [0.29, 0.717) is 0 Å². The van der Waals surface area contributed by atoms with Crippen LogP contribution in [0.5, 0.6) is 0 Å². The summed E-state index contributed by atoms with van der Waals surface area (Å²) in [6, 6.07) is 1.47. The lowest BCUT2D eigenvalue weighted by atomic mass is 9.94. The van der Waals surface area contributed by atoms with Crippen molar-refractivity contribution in [1.29, 1.82) is 0 Å². The van der Waals surface area contributed by atoms with Crippen LogP contribution >= 0.6 is 0 Å². The summed E-state index contributed by atoms with van der Waals surface area (Å²) in [7, 11) is 0. The van der Waals surface area contributed by atoms with Crippen molar-refractivity contribution in [2.45, 2.75) is 65.0 Å². The first-order valence-electron chi connectivity index (χ1n) is 8.61. The van der Waals surface area contributed by atoms with Gasteiger partial charge in [-0.25, -0.2) is 0 Å². The molecule has 2 saturated carbocycles. The van der Waals surface area contributed by atoms with Crippen LogP contribution in [-0.2, 0) is 0 Å².